The second kappa shape index (κ2) is 19.9. The van der Waals surface area contributed by atoms with Gasteiger partial charge in [0.05, 0.1) is 14.2 Å². The Balaban J connectivity index is -0.000000304. The normalized spacial score (nSPS) is 7.96. The van der Waals surface area contributed by atoms with Crippen molar-refractivity contribution in [3.8, 4) is 0 Å². The highest BCUT2D eigenvalue weighted by Crippen LogP contribution is 1.97. The van der Waals surface area contributed by atoms with Gasteiger partial charge in [0.1, 0.15) is 5.78 Å². The largest absolute Gasteiger partial charge is 0.469 e. The highest BCUT2D eigenvalue weighted by atomic mass is 16.5. The summed E-state index contributed by atoms with van der Waals surface area (Å²) in [5, 5.41) is 0. The van der Waals surface area contributed by atoms with Gasteiger partial charge in [0.2, 0.25) is 0 Å². The van der Waals surface area contributed by atoms with Crippen LogP contribution in [0.5, 0.6) is 0 Å². The Morgan fingerprint density at radius 1 is 0.913 bits per heavy atom. The van der Waals surface area contributed by atoms with Gasteiger partial charge in [-0.15, -0.1) is 0 Å². The van der Waals surface area contributed by atoms with Crippen molar-refractivity contribution in [1.29, 1.82) is 0 Å². The Hall–Kier alpha value is -2.11. The van der Waals surface area contributed by atoms with E-state index in [4.69, 9.17) is 0 Å². The van der Waals surface area contributed by atoms with E-state index in [1.54, 1.807) is 0 Å². The van der Waals surface area contributed by atoms with E-state index in [1.807, 2.05) is 42.9 Å². The molecule has 23 heavy (non-hydrogen) atoms. The predicted octanol–water partition coefficient (Wildman–Crippen LogP) is 3.24. The van der Waals surface area contributed by atoms with E-state index in [2.05, 4.69) is 9.47 Å². The lowest BCUT2D eigenvalue weighted by Gasteiger charge is -2.00. The van der Waals surface area contributed by atoms with Gasteiger partial charge in [-0.05, 0) is 32.4 Å². The summed E-state index contributed by atoms with van der Waals surface area (Å²) in [4.78, 5) is 29.7. The van der Waals surface area contributed by atoms with Crippen LogP contribution in [0.3, 0.4) is 0 Å². The number of carbonyl (C=O) groups excluding carboxylic acids is 3. The summed E-state index contributed by atoms with van der Waals surface area (Å²) < 4.78 is 10.7. The van der Waals surface area contributed by atoms with E-state index >= 15 is 0 Å². The van der Waals surface area contributed by atoms with Crippen LogP contribution in [0.25, 0.3) is 0 Å². The van der Waals surface area contributed by atoms with Crippen molar-refractivity contribution in [1.82, 2.24) is 4.57 Å². The molecule has 0 bridgehead atoms. The van der Waals surface area contributed by atoms with Crippen LogP contribution < -0.4 is 0 Å². The number of methoxy groups -OCH3 is 2. The van der Waals surface area contributed by atoms with E-state index in [0.29, 0.717) is 6.42 Å². The van der Waals surface area contributed by atoms with Crippen molar-refractivity contribution in [2.75, 3.05) is 14.2 Å². The molecule has 134 valence electrons. The highest BCUT2D eigenvalue weighted by molar-refractivity contribution is 5.72. The van der Waals surface area contributed by atoms with Crippen LogP contribution in [0, 0.1) is 0 Å². The summed E-state index contributed by atoms with van der Waals surface area (Å²) in [5.41, 5.74) is 0. The number of nitrogens with zero attached hydrogens (tertiary/aromatic N) is 1. The minimum atomic E-state index is -0.245. The molecular formula is C17H31NO5. The smallest absolute Gasteiger partial charge is 0.305 e. The summed E-state index contributed by atoms with van der Waals surface area (Å²) in [6, 6.07) is 3.94. The van der Waals surface area contributed by atoms with Crippen LogP contribution in [0.1, 0.15) is 47.5 Å². The van der Waals surface area contributed by atoms with Gasteiger partial charge < -0.3 is 18.8 Å². The minimum absolute atomic E-state index is 0.137. The van der Waals surface area contributed by atoms with Gasteiger partial charge in [0.15, 0.2) is 0 Å². The Kier molecular flexibility index (Phi) is 22.3. The number of Topliss-reactive ketones (excluding diaryl/α,β-unsaturated/α-hetero) is 1. The Bertz CT molecular complexity index is 395. The first kappa shape index (κ1) is 25.8. The van der Waals surface area contributed by atoms with Crippen LogP contribution in [-0.2, 0) is 30.4 Å². The first-order valence-corrected chi connectivity index (χ1v) is 7.52. The molecule has 0 radical (unpaired) electrons. The molecule has 0 unspecified atom stereocenters. The van der Waals surface area contributed by atoms with Crippen LogP contribution in [0.15, 0.2) is 24.5 Å². The molecule has 0 fully saturated rings. The lowest BCUT2D eigenvalue weighted by molar-refractivity contribution is -0.141. The number of hydrogen-bond acceptors (Lipinski definition) is 5. The second-order valence-corrected chi connectivity index (χ2v) is 4.20. The average Bonchev–Trinajstić information content (AvgIpc) is 3.02. The van der Waals surface area contributed by atoms with Gasteiger partial charge >= 0.3 is 11.9 Å². The maximum absolute atomic E-state index is 10.7. The summed E-state index contributed by atoms with van der Waals surface area (Å²) in [7, 11) is 2.76. The average molecular weight is 329 g/mol. The molecule has 1 aromatic rings. The molecule has 6 nitrogen and oxygen atoms in total. The topological polar surface area (TPSA) is 74.6 Å². The molecule has 0 aliphatic rings. The van der Waals surface area contributed by atoms with Crippen LogP contribution >= 0.6 is 0 Å². The van der Waals surface area contributed by atoms with Gasteiger partial charge in [-0.25, -0.2) is 0 Å². The van der Waals surface area contributed by atoms with Crippen LogP contribution in [0.2, 0.25) is 0 Å². The number of ketones is 1. The first-order valence-electron chi connectivity index (χ1n) is 7.52. The van der Waals surface area contributed by atoms with Crippen LogP contribution in [0.4, 0.5) is 0 Å². The molecule has 0 saturated heterocycles. The van der Waals surface area contributed by atoms with E-state index in [1.165, 1.54) is 35.0 Å². The molecule has 1 aromatic heterocycles. The summed E-state index contributed by atoms with van der Waals surface area (Å²) in [5.74, 6) is -0.216. The zero-order chi connectivity index (χ0) is 18.7. The lowest BCUT2D eigenvalue weighted by Crippen LogP contribution is -2.02. The van der Waals surface area contributed by atoms with E-state index in [0.717, 1.165) is 13.0 Å². The third-order valence-electron chi connectivity index (χ3n) is 1.98. The van der Waals surface area contributed by atoms with Gasteiger partial charge in [0.25, 0.3) is 0 Å². The summed E-state index contributed by atoms with van der Waals surface area (Å²) in [6.45, 7) is 9.29. The number of esters is 2. The third kappa shape index (κ3) is 28.7. The van der Waals surface area contributed by atoms with Gasteiger partial charge in [-0.1, -0.05) is 13.8 Å². The molecule has 1 heterocycles. The van der Waals surface area contributed by atoms with Crippen molar-refractivity contribution in [3.63, 3.8) is 0 Å². The van der Waals surface area contributed by atoms with E-state index < -0.39 is 0 Å². The fourth-order valence-corrected chi connectivity index (χ4v) is 1.03. The molecule has 6 heteroatoms. The number of aryl methyl sites for hydroxylation is 1. The number of rotatable bonds is 4. The molecule has 0 N–H and O–H groups in total. The lowest BCUT2D eigenvalue weighted by atomic mass is 10.3. The first-order chi connectivity index (χ1) is 10.8. The minimum Gasteiger partial charge on any atom is -0.469 e. The monoisotopic (exact) mass is 329 g/mol. The standard InChI is InChI=1S/C9H13NO2.C3H6O2.C3H6O.C2H6/c1-12-9(11)5-4-8-10-6-2-3-7-10;1-3(4)5-2;1-3(2)4;1-2/h2-3,6-7H,4-5,8H2,1H3;1-2H3;1-2H3;1-2H3. The van der Waals surface area contributed by atoms with Crippen molar-refractivity contribution in [3.05, 3.63) is 24.5 Å². The number of aromatic nitrogens is 1. The molecule has 0 aliphatic carbocycles. The second-order valence-electron chi connectivity index (χ2n) is 4.20. The predicted molar refractivity (Wildman–Crippen MR) is 91.1 cm³/mol. The fourth-order valence-electron chi connectivity index (χ4n) is 1.03. The van der Waals surface area contributed by atoms with Crippen molar-refractivity contribution >= 4 is 17.7 Å². The van der Waals surface area contributed by atoms with Gasteiger partial charge in [-0.2, -0.15) is 0 Å². The number of hydrogen-bond donors (Lipinski definition) is 0. The van der Waals surface area contributed by atoms with Crippen molar-refractivity contribution in [2.24, 2.45) is 0 Å². The highest BCUT2D eigenvalue weighted by Gasteiger charge is 1.98. The SMILES string of the molecule is CC.CC(C)=O.COC(=O)CCCn1cccc1.COC(C)=O. The molecule has 0 aromatic carbocycles. The maximum Gasteiger partial charge on any atom is 0.305 e. The fraction of sp³-hybridized carbons (Fsp3) is 0.588. The Morgan fingerprint density at radius 2 is 1.30 bits per heavy atom. The molecule has 0 aliphatic heterocycles. The summed E-state index contributed by atoms with van der Waals surface area (Å²) >= 11 is 0. The number of carbonyl (C=O) groups is 3. The van der Waals surface area contributed by atoms with Gasteiger partial charge in [0, 0.05) is 32.3 Å². The quantitative estimate of drug-likeness (QED) is 0.793. The van der Waals surface area contributed by atoms with Crippen molar-refractivity contribution < 1.29 is 23.9 Å². The van der Waals surface area contributed by atoms with Gasteiger partial charge in [-0.3, -0.25) is 9.59 Å². The third-order valence-corrected chi connectivity index (χ3v) is 1.98. The van der Waals surface area contributed by atoms with Crippen molar-refractivity contribution in [2.45, 2.75) is 54.0 Å². The maximum atomic E-state index is 10.7. The molecule has 0 atom stereocenters. The molecule has 1 rings (SSSR count). The number of ether oxygens (including phenoxy) is 2. The summed E-state index contributed by atoms with van der Waals surface area (Å²) in [6.07, 6.45) is 5.30. The molecular weight excluding hydrogens is 298 g/mol. The van der Waals surface area contributed by atoms with E-state index in [-0.39, 0.29) is 17.7 Å². The Morgan fingerprint density at radius 3 is 1.61 bits per heavy atom. The van der Waals surface area contributed by atoms with Crippen LogP contribution in [-0.4, -0.2) is 36.5 Å². The molecule has 0 amide bonds. The zero-order valence-corrected chi connectivity index (χ0v) is 15.4. The van der Waals surface area contributed by atoms with E-state index in [9.17, 15) is 14.4 Å². The molecule has 0 spiro atoms. The Labute approximate surface area is 139 Å². The molecule has 0 saturated carbocycles. The zero-order valence-electron chi connectivity index (χ0n) is 15.4.